The first-order valence-corrected chi connectivity index (χ1v) is 10.5. The van der Waals surface area contributed by atoms with E-state index < -0.39 is 10.0 Å². The summed E-state index contributed by atoms with van der Waals surface area (Å²) in [4.78, 5) is 12.5. The minimum atomic E-state index is -3.74. The molecule has 0 saturated heterocycles. The SMILES string of the molecule is O=C(NC1CCCCC1)c1cccc(NS(=O)(=O)c2ccc(Cl)cc2)c1. The van der Waals surface area contributed by atoms with Crippen molar-refractivity contribution in [3.63, 3.8) is 0 Å². The maximum absolute atomic E-state index is 12.5. The lowest BCUT2D eigenvalue weighted by Gasteiger charge is -2.22. The molecule has 0 unspecified atom stereocenters. The monoisotopic (exact) mass is 392 g/mol. The molecule has 1 aliphatic carbocycles. The van der Waals surface area contributed by atoms with E-state index in [2.05, 4.69) is 10.0 Å². The summed E-state index contributed by atoms with van der Waals surface area (Å²) in [5, 5.41) is 3.50. The van der Waals surface area contributed by atoms with Gasteiger partial charge in [0.1, 0.15) is 0 Å². The zero-order valence-corrected chi connectivity index (χ0v) is 15.8. The number of carbonyl (C=O) groups excluding carboxylic acids is 1. The Bertz CT molecular complexity index is 876. The van der Waals surface area contributed by atoms with Crippen LogP contribution in [0.3, 0.4) is 0 Å². The van der Waals surface area contributed by atoms with Gasteiger partial charge in [0.15, 0.2) is 0 Å². The van der Waals surface area contributed by atoms with Crippen molar-refractivity contribution in [1.29, 1.82) is 0 Å². The van der Waals surface area contributed by atoms with Gasteiger partial charge in [-0.2, -0.15) is 0 Å². The lowest BCUT2D eigenvalue weighted by molar-refractivity contribution is 0.0927. The van der Waals surface area contributed by atoms with Gasteiger partial charge < -0.3 is 5.32 Å². The Morgan fingerprint density at radius 1 is 1.00 bits per heavy atom. The molecule has 0 spiro atoms. The minimum absolute atomic E-state index is 0.110. The van der Waals surface area contributed by atoms with Crippen LogP contribution in [0.15, 0.2) is 53.4 Å². The summed E-state index contributed by atoms with van der Waals surface area (Å²) in [6, 6.07) is 12.6. The van der Waals surface area contributed by atoms with Crippen molar-refractivity contribution in [3.8, 4) is 0 Å². The van der Waals surface area contributed by atoms with Gasteiger partial charge in [-0.3, -0.25) is 9.52 Å². The highest BCUT2D eigenvalue weighted by molar-refractivity contribution is 7.92. The standard InChI is InChI=1S/C19H21ClN2O3S/c20-15-9-11-18(12-10-15)26(24,25)22-17-8-4-5-14(13-17)19(23)21-16-6-2-1-3-7-16/h4-5,8-13,16,22H,1-3,6-7H2,(H,21,23). The molecular weight excluding hydrogens is 372 g/mol. The van der Waals surface area contributed by atoms with E-state index in [4.69, 9.17) is 11.6 Å². The Morgan fingerprint density at radius 2 is 1.69 bits per heavy atom. The maximum atomic E-state index is 12.5. The van der Waals surface area contributed by atoms with Crippen LogP contribution in [0.5, 0.6) is 0 Å². The van der Waals surface area contributed by atoms with E-state index in [1.807, 2.05) is 0 Å². The lowest BCUT2D eigenvalue weighted by Crippen LogP contribution is -2.36. The summed E-state index contributed by atoms with van der Waals surface area (Å²) in [6.45, 7) is 0. The van der Waals surface area contributed by atoms with E-state index in [-0.39, 0.29) is 16.8 Å². The van der Waals surface area contributed by atoms with Crippen molar-refractivity contribution < 1.29 is 13.2 Å². The highest BCUT2D eigenvalue weighted by Crippen LogP contribution is 2.20. The molecule has 26 heavy (non-hydrogen) atoms. The second-order valence-corrected chi connectivity index (χ2v) is 8.57. The molecule has 7 heteroatoms. The fourth-order valence-corrected chi connectivity index (χ4v) is 4.24. The Labute approximate surface area is 158 Å². The molecular formula is C19H21ClN2O3S. The normalized spacial score (nSPS) is 15.4. The van der Waals surface area contributed by atoms with Gasteiger partial charge in [0.2, 0.25) is 0 Å². The number of carbonyl (C=O) groups is 1. The van der Waals surface area contributed by atoms with Gasteiger partial charge in [0, 0.05) is 22.3 Å². The molecule has 2 aromatic rings. The van der Waals surface area contributed by atoms with E-state index in [9.17, 15) is 13.2 Å². The van der Waals surface area contributed by atoms with Crippen LogP contribution in [-0.4, -0.2) is 20.4 Å². The van der Waals surface area contributed by atoms with Crippen LogP contribution in [0.4, 0.5) is 5.69 Å². The number of anilines is 1. The zero-order valence-electron chi connectivity index (χ0n) is 14.2. The van der Waals surface area contributed by atoms with E-state index in [0.29, 0.717) is 16.3 Å². The van der Waals surface area contributed by atoms with E-state index in [1.54, 1.807) is 24.3 Å². The number of halogens is 1. The first-order chi connectivity index (χ1) is 12.4. The van der Waals surface area contributed by atoms with Crippen LogP contribution in [0.2, 0.25) is 5.02 Å². The van der Waals surface area contributed by atoms with Crippen molar-refractivity contribution in [1.82, 2.24) is 5.32 Å². The molecule has 0 heterocycles. The van der Waals surface area contributed by atoms with Gasteiger partial charge in [0.05, 0.1) is 4.90 Å². The molecule has 138 valence electrons. The van der Waals surface area contributed by atoms with Gasteiger partial charge >= 0.3 is 0 Å². The van der Waals surface area contributed by atoms with Gasteiger partial charge in [-0.05, 0) is 55.3 Å². The molecule has 0 radical (unpaired) electrons. The van der Waals surface area contributed by atoms with Crippen molar-refractivity contribution in [2.45, 2.75) is 43.0 Å². The lowest BCUT2D eigenvalue weighted by atomic mass is 9.95. The predicted octanol–water partition coefficient (Wildman–Crippen LogP) is 4.20. The van der Waals surface area contributed by atoms with Crippen molar-refractivity contribution in [2.75, 3.05) is 4.72 Å². The third-order valence-corrected chi connectivity index (χ3v) is 6.09. The molecule has 2 N–H and O–H groups in total. The van der Waals surface area contributed by atoms with Crippen LogP contribution in [0.1, 0.15) is 42.5 Å². The number of benzene rings is 2. The Hall–Kier alpha value is -2.05. The highest BCUT2D eigenvalue weighted by Gasteiger charge is 2.18. The molecule has 3 rings (SSSR count). The van der Waals surface area contributed by atoms with Crippen LogP contribution >= 0.6 is 11.6 Å². The summed E-state index contributed by atoms with van der Waals surface area (Å²) in [7, 11) is -3.74. The van der Waals surface area contributed by atoms with Crippen LogP contribution in [0, 0.1) is 0 Å². The quantitative estimate of drug-likeness (QED) is 0.800. The minimum Gasteiger partial charge on any atom is -0.349 e. The fraction of sp³-hybridized carbons (Fsp3) is 0.316. The number of amides is 1. The average Bonchev–Trinajstić information content (AvgIpc) is 2.63. The molecule has 0 aromatic heterocycles. The molecule has 0 atom stereocenters. The predicted molar refractivity (Wildman–Crippen MR) is 103 cm³/mol. The zero-order chi connectivity index (χ0) is 18.6. The molecule has 5 nitrogen and oxygen atoms in total. The number of hydrogen-bond acceptors (Lipinski definition) is 3. The van der Waals surface area contributed by atoms with E-state index in [0.717, 1.165) is 25.7 Å². The van der Waals surface area contributed by atoms with Gasteiger partial charge in [-0.25, -0.2) is 8.42 Å². The number of rotatable bonds is 5. The van der Waals surface area contributed by atoms with Crippen LogP contribution in [0.25, 0.3) is 0 Å². The van der Waals surface area contributed by atoms with Crippen LogP contribution < -0.4 is 10.0 Å². The van der Waals surface area contributed by atoms with Gasteiger partial charge in [-0.15, -0.1) is 0 Å². The number of nitrogens with one attached hydrogen (secondary N) is 2. The third-order valence-electron chi connectivity index (χ3n) is 4.44. The van der Waals surface area contributed by atoms with E-state index >= 15 is 0 Å². The molecule has 1 fully saturated rings. The summed E-state index contributed by atoms with van der Waals surface area (Å²) in [5.74, 6) is -0.176. The van der Waals surface area contributed by atoms with Gasteiger partial charge in [-0.1, -0.05) is 36.9 Å². The highest BCUT2D eigenvalue weighted by atomic mass is 35.5. The number of sulfonamides is 1. The van der Waals surface area contributed by atoms with Crippen LogP contribution in [-0.2, 0) is 10.0 Å². The third kappa shape index (κ3) is 4.77. The summed E-state index contributed by atoms with van der Waals surface area (Å²) < 4.78 is 27.4. The second-order valence-electron chi connectivity index (χ2n) is 6.45. The topological polar surface area (TPSA) is 75.3 Å². The summed E-state index contributed by atoms with van der Waals surface area (Å²) in [5.41, 5.74) is 0.781. The first-order valence-electron chi connectivity index (χ1n) is 8.63. The molecule has 2 aromatic carbocycles. The van der Waals surface area contributed by atoms with Crippen molar-refractivity contribution >= 4 is 33.2 Å². The van der Waals surface area contributed by atoms with Crippen molar-refractivity contribution in [3.05, 3.63) is 59.1 Å². The summed E-state index contributed by atoms with van der Waals surface area (Å²) >= 11 is 5.80. The smallest absolute Gasteiger partial charge is 0.261 e. The fourth-order valence-electron chi connectivity index (χ4n) is 3.07. The first kappa shape index (κ1) is 18.7. The van der Waals surface area contributed by atoms with Gasteiger partial charge in [0.25, 0.3) is 15.9 Å². The van der Waals surface area contributed by atoms with Crippen molar-refractivity contribution in [2.24, 2.45) is 0 Å². The van der Waals surface area contributed by atoms with E-state index in [1.165, 1.54) is 30.7 Å². The summed E-state index contributed by atoms with van der Waals surface area (Å²) in [6.07, 6.45) is 5.47. The molecule has 1 saturated carbocycles. The maximum Gasteiger partial charge on any atom is 0.261 e. The molecule has 1 aliphatic rings. The molecule has 1 amide bonds. The largest absolute Gasteiger partial charge is 0.349 e. The number of hydrogen-bond donors (Lipinski definition) is 2. The Morgan fingerprint density at radius 3 is 2.38 bits per heavy atom. The molecule has 0 bridgehead atoms. The second kappa shape index (κ2) is 8.10. The molecule has 0 aliphatic heterocycles. The Kier molecular flexibility index (Phi) is 5.84. The Balaban J connectivity index is 1.72. The average molecular weight is 393 g/mol.